The third-order valence-corrected chi connectivity index (χ3v) is 3.89. The van der Waals surface area contributed by atoms with E-state index in [1.807, 2.05) is 60.7 Å². The predicted molar refractivity (Wildman–Crippen MR) is 90.2 cm³/mol. The summed E-state index contributed by atoms with van der Waals surface area (Å²) < 4.78 is 5.34. The molecule has 0 radical (unpaired) electrons. The van der Waals surface area contributed by atoms with Gasteiger partial charge in [0.25, 0.3) is 5.91 Å². The number of amides is 1. The largest absolute Gasteiger partial charge is 0.388 e. The third kappa shape index (κ3) is 3.36. The second-order valence-electron chi connectivity index (χ2n) is 5.52. The highest BCUT2D eigenvalue weighted by Crippen LogP contribution is 2.27. The molecule has 0 spiro atoms. The molecule has 3 N–H and O–H groups in total. The maximum absolute atomic E-state index is 11.9. The molecular formula is C19H18N2O3. The van der Waals surface area contributed by atoms with Gasteiger partial charge in [-0.15, -0.1) is 0 Å². The third-order valence-electron chi connectivity index (χ3n) is 3.89. The zero-order valence-corrected chi connectivity index (χ0v) is 13.1. The molecule has 2 aromatic carbocycles. The molecule has 1 heterocycles. The van der Waals surface area contributed by atoms with Crippen molar-refractivity contribution >= 4 is 5.91 Å². The number of primary amides is 1. The second-order valence-corrected chi connectivity index (χ2v) is 5.52. The molecule has 0 aliphatic heterocycles. The summed E-state index contributed by atoms with van der Waals surface area (Å²) in [6, 6.07) is 18.6. The fourth-order valence-corrected chi connectivity index (χ4v) is 2.65. The molecule has 5 nitrogen and oxygen atoms in total. The number of aryl methyl sites for hydroxylation is 1. The maximum Gasteiger partial charge on any atom is 0.254 e. The normalized spacial score (nSPS) is 12.0. The number of benzene rings is 2. The van der Waals surface area contributed by atoms with Gasteiger partial charge in [-0.3, -0.25) is 4.79 Å². The fraction of sp³-hybridized carbons (Fsp3) is 0.158. The quantitative estimate of drug-likeness (QED) is 0.729. The summed E-state index contributed by atoms with van der Waals surface area (Å²) in [5.41, 5.74) is 7.82. The Labute approximate surface area is 139 Å². The van der Waals surface area contributed by atoms with Gasteiger partial charge in [0.2, 0.25) is 0 Å². The molecule has 1 atom stereocenters. The van der Waals surface area contributed by atoms with Gasteiger partial charge >= 0.3 is 0 Å². The van der Waals surface area contributed by atoms with Crippen LogP contribution in [0.5, 0.6) is 0 Å². The summed E-state index contributed by atoms with van der Waals surface area (Å²) in [7, 11) is 0. The number of aromatic nitrogens is 1. The Morgan fingerprint density at radius 3 is 2.33 bits per heavy atom. The molecule has 0 bridgehead atoms. The number of carbonyl (C=O) groups excluding carboxylic acids is 1. The number of hydrogen-bond donors (Lipinski definition) is 2. The molecule has 5 heteroatoms. The molecular weight excluding hydrogens is 304 g/mol. The standard InChI is InChI=1S/C19H18N2O3/c20-19(23)17-16(12-11-15(22)13-7-3-1-4-8-13)24-21-18(17)14-9-5-2-6-10-14/h1-10,15,22H,11-12H2,(H2,20,23). The lowest BCUT2D eigenvalue weighted by Crippen LogP contribution is -2.14. The van der Waals surface area contributed by atoms with Crippen LogP contribution in [0.2, 0.25) is 0 Å². The number of carbonyl (C=O) groups is 1. The van der Waals surface area contributed by atoms with Gasteiger partial charge in [-0.2, -0.15) is 0 Å². The molecule has 0 aliphatic carbocycles. The van der Waals surface area contributed by atoms with Gasteiger partial charge < -0.3 is 15.4 Å². The Kier molecular flexibility index (Phi) is 4.72. The van der Waals surface area contributed by atoms with Gasteiger partial charge in [-0.05, 0) is 12.0 Å². The van der Waals surface area contributed by atoms with Crippen LogP contribution in [-0.4, -0.2) is 16.2 Å². The summed E-state index contributed by atoms with van der Waals surface area (Å²) in [4.78, 5) is 11.9. The van der Waals surface area contributed by atoms with Crippen LogP contribution in [0.15, 0.2) is 65.2 Å². The van der Waals surface area contributed by atoms with Crippen molar-refractivity contribution in [2.75, 3.05) is 0 Å². The van der Waals surface area contributed by atoms with Crippen molar-refractivity contribution in [1.82, 2.24) is 5.16 Å². The minimum absolute atomic E-state index is 0.279. The second kappa shape index (κ2) is 7.10. The van der Waals surface area contributed by atoms with Gasteiger partial charge in [0.1, 0.15) is 17.0 Å². The van der Waals surface area contributed by atoms with Gasteiger partial charge in [0.15, 0.2) is 0 Å². The summed E-state index contributed by atoms with van der Waals surface area (Å²) in [5, 5.41) is 14.3. The van der Waals surface area contributed by atoms with Crippen LogP contribution in [-0.2, 0) is 6.42 Å². The lowest BCUT2D eigenvalue weighted by Gasteiger charge is -2.09. The van der Waals surface area contributed by atoms with Crippen molar-refractivity contribution < 1.29 is 14.4 Å². The molecule has 24 heavy (non-hydrogen) atoms. The molecule has 122 valence electrons. The number of aliphatic hydroxyl groups excluding tert-OH is 1. The van der Waals surface area contributed by atoms with E-state index in [2.05, 4.69) is 5.16 Å². The molecule has 1 amide bonds. The van der Waals surface area contributed by atoms with E-state index in [0.29, 0.717) is 24.3 Å². The number of aliphatic hydroxyl groups is 1. The highest BCUT2D eigenvalue weighted by Gasteiger charge is 2.22. The minimum Gasteiger partial charge on any atom is -0.388 e. The van der Waals surface area contributed by atoms with Gasteiger partial charge in [0.05, 0.1) is 6.10 Å². The monoisotopic (exact) mass is 322 g/mol. The van der Waals surface area contributed by atoms with E-state index in [1.165, 1.54) is 0 Å². The van der Waals surface area contributed by atoms with Gasteiger partial charge in [0, 0.05) is 12.0 Å². The average molecular weight is 322 g/mol. The lowest BCUT2D eigenvalue weighted by atomic mass is 10.0. The van der Waals surface area contributed by atoms with E-state index in [4.69, 9.17) is 10.3 Å². The number of nitrogens with zero attached hydrogens (tertiary/aromatic N) is 1. The maximum atomic E-state index is 11.9. The van der Waals surface area contributed by atoms with Crippen molar-refractivity contribution in [3.8, 4) is 11.3 Å². The first-order chi connectivity index (χ1) is 11.7. The first kappa shape index (κ1) is 16.0. The number of hydrogen-bond acceptors (Lipinski definition) is 4. The lowest BCUT2D eigenvalue weighted by molar-refractivity contribution is 0.0997. The Morgan fingerprint density at radius 2 is 1.71 bits per heavy atom. The molecule has 0 aliphatic rings. The van der Waals surface area contributed by atoms with E-state index in [-0.39, 0.29) is 5.56 Å². The van der Waals surface area contributed by atoms with Crippen LogP contribution in [0.3, 0.4) is 0 Å². The van der Waals surface area contributed by atoms with Crippen LogP contribution in [0.4, 0.5) is 0 Å². The van der Waals surface area contributed by atoms with E-state index >= 15 is 0 Å². The minimum atomic E-state index is -0.641. The highest BCUT2D eigenvalue weighted by molar-refractivity contribution is 5.99. The van der Waals surface area contributed by atoms with Crippen molar-refractivity contribution in [2.45, 2.75) is 18.9 Å². The van der Waals surface area contributed by atoms with Crippen molar-refractivity contribution in [2.24, 2.45) is 5.73 Å². The highest BCUT2D eigenvalue weighted by atomic mass is 16.5. The van der Waals surface area contributed by atoms with Crippen molar-refractivity contribution in [1.29, 1.82) is 0 Å². The SMILES string of the molecule is NC(=O)c1c(-c2ccccc2)noc1CCC(O)c1ccccc1. The van der Waals surface area contributed by atoms with Gasteiger partial charge in [-0.1, -0.05) is 65.8 Å². The van der Waals surface area contributed by atoms with Crippen LogP contribution >= 0.6 is 0 Å². The van der Waals surface area contributed by atoms with E-state index in [1.54, 1.807) is 0 Å². The number of nitrogens with two attached hydrogens (primary N) is 1. The van der Waals surface area contributed by atoms with E-state index < -0.39 is 12.0 Å². The molecule has 0 fully saturated rings. The van der Waals surface area contributed by atoms with E-state index in [9.17, 15) is 9.90 Å². The van der Waals surface area contributed by atoms with Crippen molar-refractivity contribution in [3.63, 3.8) is 0 Å². The summed E-state index contributed by atoms with van der Waals surface area (Å²) >= 11 is 0. The Bertz CT molecular complexity index is 813. The van der Waals surface area contributed by atoms with Crippen molar-refractivity contribution in [3.05, 3.63) is 77.6 Å². The van der Waals surface area contributed by atoms with E-state index in [0.717, 1.165) is 11.1 Å². The fourth-order valence-electron chi connectivity index (χ4n) is 2.65. The Morgan fingerprint density at radius 1 is 1.08 bits per heavy atom. The Hall–Kier alpha value is -2.92. The summed E-state index contributed by atoms with van der Waals surface area (Å²) in [5.74, 6) is -0.185. The van der Waals surface area contributed by atoms with Gasteiger partial charge in [-0.25, -0.2) is 0 Å². The molecule has 0 saturated heterocycles. The molecule has 1 unspecified atom stereocenters. The molecule has 3 aromatic rings. The van der Waals surface area contributed by atoms with Crippen LogP contribution in [0.25, 0.3) is 11.3 Å². The smallest absolute Gasteiger partial charge is 0.254 e. The van der Waals surface area contributed by atoms with Crippen LogP contribution in [0.1, 0.15) is 34.2 Å². The predicted octanol–water partition coefficient (Wildman–Crippen LogP) is 3.11. The first-order valence-electron chi connectivity index (χ1n) is 7.73. The first-order valence-corrected chi connectivity index (χ1v) is 7.73. The topological polar surface area (TPSA) is 89.4 Å². The zero-order valence-electron chi connectivity index (χ0n) is 13.1. The molecule has 0 saturated carbocycles. The summed E-state index contributed by atoms with van der Waals surface area (Å²) in [6.45, 7) is 0. The van der Waals surface area contributed by atoms with Crippen LogP contribution in [0, 0.1) is 0 Å². The average Bonchev–Trinajstić information content (AvgIpc) is 3.05. The molecule has 1 aromatic heterocycles. The molecule has 3 rings (SSSR count). The Balaban J connectivity index is 1.82. The number of rotatable bonds is 6. The zero-order chi connectivity index (χ0) is 16.9. The van der Waals surface area contributed by atoms with Crippen LogP contribution < -0.4 is 5.73 Å². The summed E-state index contributed by atoms with van der Waals surface area (Å²) in [6.07, 6.45) is 0.138.